The maximum absolute atomic E-state index is 8.22. The summed E-state index contributed by atoms with van der Waals surface area (Å²) in [5, 5.41) is 17.2. The number of nitriles is 1. The van der Waals surface area contributed by atoms with E-state index >= 15 is 0 Å². The molecule has 0 unspecified atom stereocenters. The number of aromatic amines is 2. The van der Waals surface area contributed by atoms with E-state index in [4.69, 9.17) is 17.5 Å². The van der Waals surface area contributed by atoms with Crippen molar-refractivity contribution in [3.05, 3.63) is 10.3 Å². The molecule has 0 saturated heterocycles. The van der Waals surface area contributed by atoms with Crippen LogP contribution in [0.1, 0.15) is 12.1 Å². The lowest BCUT2D eigenvalue weighted by Gasteiger charge is -1.82. The van der Waals surface area contributed by atoms with Crippen molar-refractivity contribution < 1.29 is 0 Å². The smallest absolute Gasteiger partial charge is 0.142 e. The molecular formula is C5H6N4S. The van der Waals surface area contributed by atoms with Crippen molar-refractivity contribution in [2.24, 2.45) is 0 Å². The Balaban J connectivity index is 2.68. The fourth-order valence-corrected chi connectivity index (χ4v) is 0.806. The summed E-state index contributed by atoms with van der Waals surface area (Å²) in [5.74, 6) is 0. The topological polar surface area (TPSA) is 68.3 Å². The van der Waals surface area contributed by atoms with Gasteiger partial charge in [-0.05, 0) is 0 Å². The van der Waals surface area contributed by atoms with Crippen LogP contribution in [0.25, 0.3) is 0 Å². The minimum absolute atomic E-state index is 0.461. The molecule has 0 spiro atoms. The lowest BCUT2D eigenvalue weighted by molar-refractivity contribution is 0.887. The van der Waals surface area contributed by atoms with Gasteiger partial charge in [0.1, 0.15) is 4.64 Å². The van der Waals surface area contributed by atoms with Gasteiger partial charge in [-0.2, -0.15) is 10.4 Å². The van der Waals surface area contributed by atoms with Crippen molar-refractivity contribution in [1.82, 2.24) is 15.4 Å². The summed E-state index contributed by atoms with van der Waals surface area (Å²) < 4.78 is 0.593. The van der Waals surface area contributed by atoms with Crippen LogP contribution in [0.5, 0.6) is 0 Å². The summed E-state index contributed by atoms with van der Waals surface area (Å²) in [6.45, 7) is 0. The van der Waals surface area contributed by atoms with E-state index in [9.17, 15) is 0 Å². The molecule has 1 rings (SSSR count). The Morgan fingerprint density at radius 3 is 3.00 bits per heavy atom. The molecule has 5 heteroatoms. The zero-order valence-electron chi connectivity index (χ0n) is 5.22. The third-order valence-corrected chi connectivity index (χ3v) is 1.43. The highest BCUT2D eigenvalue weighted by Gasteiger charge is 1.96. The molecule has 0 saturated carbocycles. The van der Waals surface area contributed by atoms with Gasteiger partial charge >= 0.3 is 0 Å². The Kier molecular flexibility index (Phi) is 2.18. The second kappa shape index (κ2) is 3.13. The molecule has 1 heterocycles. The van der Waals surface area contributed by atoms with Gasteiger partial charge in [-0.1, -0.05) is 12.2 Å². The van der Waals surface area contributed by atoms with Crippen molar-refractivity contribution in [1.29, 1.82) is 5.26 Å². The van der Waals surface area contributed by atoms with Gasteiger partial charge in [-0.25, -0.2) is 5.21 Å². The van der Waals surface area contributed by atoms with Crippen molar-refractivity contribution in [3.63, 3.8) is 0 Å². The van der Waals surface area contributed by atoms with Crippen molar-refractivity contribution in [2.45, 2.75) is 12.8 Å². The Morgan fingerprint density at radius 1 is 1.70 bits per heavy atom. The van der Waals surface area contributed by atoms with Crippen molar-refractivity contribution in [3.8, 4) is 6.07 Å². The highest BCUT2D eigenvalue weighted by molar-refractivity contribution is 7.71. The zero-order valence-corrected chi connectivity index (χ0v) is 6.03. The zero-order chi connectivity index (χ0) is 7.40. The van der Waals surface area contributed by atoms with Gasteiger partial charge in [0, 0.05) is 12.8 Å². The van der Waals surface area contributed by atoms with Crippen LogP contribution in [0.3, 0.4) is 0 Å². The molecular weight excluding hydrogens is 148 g/mol. The van der Waals surface area contributed by atoms with Crippen LogP contribution in [0.15, 0.2) is 0 Å². The fraction of sp³-hybridized carbons (Fsp3) is 0.400. The molecule has 0 bridgehead atoms. The minimum atomic E-state index is 0.461. The van der Waals surface area contributed by atoms with Gasteiger partial charge in [-0.15, -0.1) is 0 Å². The molecule has 52 valence electrons. The number of nitrogens with one attached hydrogen (secondary N) is 2. The van der Waals surface area contributed by atoms with Gasteiger partial charge in [0.05, 0.1) is 11.8 Å². The summed E-state index contributed by atoms with van der Waals surface area (Å²) in [6, 6.07) is 2.02. The standard InChI is InChI=1S/C5H6N4S/c6-3-1-2-4-5(10)8-9-7-4/h1-2H2,(H2,7,8,9,10). The SMILES string of the molecule is N#CCCc1n[nH][nH]c1=S. The van der Waals surface area contributed by atoms with Crippen LogP contribution in [0.2, 0.25) is 0 Å². The molecule has 0 amide bonds. The summed E-state index contributed by atoms with van der Waals surface area (Å²) in [5.41, 5.74) is 0.761. The largest absolute Gasteiger partial charge is 0.273 e. The highest BCUT2D eigenvalue weighted by atomic mass is 32.1. The molecule has 4 nitrogen and oxygen atoms in total. The fourth-order valence-electron chi connectivity index (χ4n) is 0.613. The van der Waals surface area contributed by atoms with E-state index in [1.807, 2.05) is 6.07 Å². The van der Waals surface area contributed by atoms with E-state index in [1.54, 1.807) is 0 Å². The van der Waals surface area contributed by atoms with Gasteiger partial charge in [0.2, 0.25) is 0 Å². The average molecular weight is 154 g/mol. The maximum atomic E-state index is 8.22. The number of aromatic nitrogens is 3. The van der Waals surface area contributed by atoms with Crippen LogP contribution in [0, 0.1) is 16.0 Å². The lowest BCUT2D eigenvalue weighted by Crippen LogP contribution is -1.83. The number of aryl methyl sites for hydroxylation is 1. The average Bonchev–Trinajstić information content (AvgIpc) is 2.31. The first-order valence-corrected chi connectivity index (χ1v) is 3.24. The molecule has 0 aliphatic heterocycles. The number of hydrogen-bond acceptors (Lipinski definition) is 3. The molecule has 0 atom stereocenters. The van der Waals surface area contributed by atoms with E-state index < -0.39 is 0 Å². The van der Waals surface area contributed by atoms with Crippen LogP contribution < -0.4 is 0 Å². The van der Waals surface area contributed by atoms with E-state index in [1.165, 1.54) is 0 Å². The number of nitrogens with zero attached hydrogens (tertiary/aromatic N) is 2. The third kappa shape index (κ3) is 1.42. The van der Waals surface area contributed by atoms with Crippen molar-refractivity contribution in [2.75, 3.05) is 0 Å². The molecule has 2 N–H and O–H groups in total. The molecule has 0 aromatic carbocycles. The van der Waals surface area contributed by atoms with Crippen LogP contribution >= 0.6 is 12.2 Å². The number of H-pyrrole nitrogens is 2. The first-order valence-electron chi connectivity index (χ1n) is 2.83. The highest BCUT2D eigenvalue weighted by Crippen LogP contribution is 1.96. The first-order chi connectivity index (χ1) is 4.84. The Hall–Kier alpha value is -1.15. The van der Waals surface area contributed by atoms with Crippen LogP contribution in [-0.2, 0) is 6.42 Å². The number of rotatable bonds is 2. The molecule has 0 radical (unpaired) electrons. The van der Waals surface area contributed by atoms with E-state index in [2.05, 4.69) is 15.4 Å². The third-order valence-electron chi connectivity index (χ3n) is 1.10. The normalized spacial score (nSPS) is 9.10. The Bertz CT molecular complexity index is 291. The molecule has 1 aromatic rings. The second-order valence-electron chi connectivity index (χ2n) is 1.78. The number of hydrogen-bond donors (Lipinski definition) is 2. The van der Waals surface area contributed by atoms with E-state index in [0.717, 1.165) is 5.69 Å². The summed E-state index contributed by atoms with van der Waals surface area (Å²) in [4.78, 5) is 0. The predicted octanol–water partition coefficient (Wildman–Crippen LogP) is 0.923. The van der Waals surface area contributed by atoms with Crippen LogP contribution in [0.4, 0.5) is 0 Å². The molecule has 0 fully saturated rings. The van der Waals surface area contributed by atoms with Gasteiger partial charge in [-0.3, -0.25) is 5.10 Å². The molecule has 1 aromatic heterocycles. The lowest BCUT2D eigenvalue weighted by atomic mass is 10.3. The monoisotopic (exact) mass is 154 g/mol. The Labute approximate surface area is 62.9 Å². The second-order valence-corrected chi connectivity index (χ2v) is 2.19. The van der Waals surface area contributed by atoms with Gasteiger partial charge < -0.3 is 0 Å². The Morgan fingerprint density at radius 2 is 2.50 bits per heavy atom. The van der Waals surface area contributed by atoms with Gasteiger partial charge in [0.25, 0.3) is 0 Å². The minimum Gasteiger partial charge on any atom is -0.273 e. The van der Waals surface area contributed by atoms with E-state index in [0.29, 0.717) is 17.5 Å². The molecule has 0 aliphatic rings. The quantitative estimate of drug-likeness (QED) is 0.622. The van der Waals surface area contributed by atoms with Gasteiger partial charge in [0.15, 0.2) is 0 Å². The maximum Gasteiger partial charge on any atom is 0.142 e. The summed E-state index contributed by atoms with van der Waals surface area (Å²) >= 11 is 4.84. The summed E-state index contributed by atoms with van der Waals surface area (Å²) in [7, 11) is 0. The molecule has 0 aliphatic carbocycles. The summed E-state index contributed by atoms with van der Waals surface area (Å²) in [6.07, 6.45) is 1.08. The molecule has 10 heavy (non-hydrogen) atoms. The van der Waals surface area contributed by atoms with Crippen LogP contribution in [-0.4, -0.2) is 15.4 Å². The first kappa shape index (κ1) is 6.96. The predicted molar refractivity (Wildman–Crippen MR) is 37.7 cm³/mol. The van der Waals surface area contributed by atoms with Crippen molar-refractivity contribution >= 4 is 12.2 Å². The van der Waals surface area contributed by atoms with E-state index in [-0.39, 0.29) is 0 Å².